The highest BCUT2D eigenvalue weighted by Crippen LogP contribution is 2.40. The van der Waals surface area contributed by atoms with E-state index in [-0.39, 0.29) is 12.4 Å². The van der Waals surface area contributed by atoms with E-state index < -0.39 is 0 Å². The molecule has 5 heteroatoms. The Morgan fingerprint density at radius 2 is 2.21 bits per heavy atom. The Hall–Kier alpha value is -0.940. The Morgan fingerprint density at radius 3 is 2.71 bits per heavy atom. The van der Waals surface area contributed by atoms with Crippen LogP contribution in [-0.4, -0.2) is 28.8 Å². The number of rotatable bonds is 2. The molecule has 5 nitrogen and oxygen atoms in total. The minimum absolute atomic E-state index is 0.00583. The lowest BCUT2D eigenvalue weighted by Gasteiger charge is -2.13. The monoisotopic (exact) mass is 197 g/mol. The maximum Gasteiger partial charge on any atom is 0.161 e. The first-order chi connectivity index (χ1) is 6.74. The van der Waals surface area contributed by atoms with E-state index in [1.54, 1.807) is 13.3 Å². The van der Waals surface area contributed by atoms with Crippen LogP contribution in [0, 0.1) is 11.8 Å². The van der Waals surface area contributed by atoms with Crippen molar-refractivity contribution in [3.05, 3.63) is 11.9 Å². The van der Waals surface area contributed by atoms with Crippen LogP contribution in [0.25, 0.3) is 0 Å². The van der Waals surface area contributed by atoms with Gasteiger partial charge >= 0.3 is 0 Å². The summed E-state index contributed by atoms with van der Waals surface area (Å²) in [6, 6.07) is 0. The Balaban J connectivity index is 2.16. The van der Waals surface area contributed by atoms with Crippen LogP contribution in [0.5, 0.6) is 0 Å². The van der Waals surface area contributed by atoms with Crippen molar-refractivity contribution in [3.8, 4) is 0 Å². The summed E-state index contributed by atoms with van der Waals surface area (Å²) in [7, 11) is 1.67. The molecule has 0 radical (unpaired) electrons. The number of hydrogen-bond acceptors (Lipinski definition) is 4. The van der Waals surface area contributed by atoms with Gasteiger partial charge in [-0.05, 0) is 5.92 Å². The van der Waals surface area contributed by atoms with Crippen LogP contribution < -0.4 is 0 Å². The maximum absolute atomic E-state index is 5.73. The third kappa shape index (κ3) is 1.42. The number of nitrogens with zero attached hydrogens (tertiary/aromatic N) is 2. The predicted molar refractivity (Wildman–Crippen MR) is 49.3 cm³/mol. The van der Waals surface area contributed by atoms with E-state index in [1.165, 1.54) is 0 Å². The molecular weight excluding hydrogens is 182 g/mol. The van der Waals surface area contributed by atoms with E-state index >= 15 is 0 Å². The normalized spacial score (nSPS) is 37.6. The van der Waals surface area contributed by atoms with Crippen molar-refractivity contribution in [2.45, 2.75) is 26.2 Å². The molecule has 0 spiro atoms. The Morgan fingerprint density at radius 1 is 1.43 bits per heavy atom. The number of ether oxygens (including phenoxy) is 2. The maximum atomic E-state index is 5.73. The van der Waals surface area contributed by atoms with Crippen LogP contribution in [0.3, 0.4) is 0 Å². The van der Waals surface area contributed by atoms with Crippen LogP contribution in [0.1, 0.15) is 25.6 Å². The molecule has 2 rings (SSSR count). The van der Waals surface area contributed by atoms with Gasteiger partial charge in [0.2, 0.25) is 0 Å². The summed E-state index contributed by atoms with van der Waals surface area (Å²) < 4.78 is 11.0. The second-order valence-corrected chi connectivity index (χ2v) is 3.77. The molecule has 4 atom stereocenters. The molecule has 14 heavy (non-hydrogen) atoms. The van der Waals surface area contributed by atoms with E-state index in [2.05, 4.69) is 29.3 Å². The van der Waals surface area contributed by atoms with Gasteiger partial charge < -0.3 is 9.47 Å². The van der Waals surface area contributed by atoms with Crippen LogP contribution >= 0.6 is 0 Å². The van der Waals surface area contributed by atoms with Gasteiger partial charge in [0.1, 0.15) is 11.8 Å². The zero-order valence-corrected chi connectivity index (χ0v) is 8.60. The summed E-state index contributed by atoms with van der Waals surface area (Å²) in [5.74, 6) is 0.770. The van der Waals surface area contributed by atoms with E-state index in [0.29, 0.717) is 11.8 Å². The topological polar surface area (TPSA) is 60.0 Å². The Bertz CT molecular complexity index is 288. The van der Waals surface area contributed by atoms with Crippen LogP contribution in [0.4, 0.5) is 0 Å². The van der Waals surface area contributed by atoms with E-state index in [0.717, 1.165) is 5.69 Å². The summed E-state index contributed by atoms with van der Waals surface area (Å²) in [4.78, 5) is 0. The summed E-state index contributed by atoms with van der Waals surface area (Å²) in [5, 5.41) is 10.4. The highest BCUT2D eigenvalue weighted by Gasteiger charge is 2.41. The van der Waals surface area contributed by atoms with E-state index in [1.807, 2.05) is 0 Å². The SMILES string of the molecule is COC1OC(c2cn[nH]n2)C(C)C1C. The molecule has 1 aromatic heterocycles. The second-order valence-electron chi connectivity index (χ2n) is 3.77. The third-order valence-electron chi connectivity index (χ3n) is 2.97. The number of nitrogens with one attached hydrogen (secondary N) is 1. The van der Waals surface area contributed by atoms with E-state index in [4.69, 9.17) is 9.47 Å². The van der Waals surface area contributed by atoms with E-state index in [9.17, 15) is 0 Å². The average Bonchev–Trinajstić information content (AvgIpc) is 2.78. The first-order valence-corrected chi connectivity index (χ1v) is 4.78. The summed E-state index contributed by atoms with van der Waals surface area (Å²) >= 11 is 0. The van der Waals surface area contributed by atoms with Crippen molar-refractivity contribution in [2.75, 3.05) is 7.11 Å². The van der Waals surface area contributed by atoms with Gasteiger partial charge in [-0.3, -0.25) is 0 Å². The highest BCUT2D eigenvalue weighted by atomic mass is 16.7. The predicted octanol–water partition coefficient (Wildman–Crippen LogP) is 1.12. The molecule has 0 aromatic carbocycles. The van der Waals surface area contributed by atoms with Gasteiger partial charge in [-0.2, -0.15) is 15.4 Å². The molecule has 78 valence electrons. The standard InChI is InChI=1S/C9H15N3O2/c1-5-6(2)9(13-3)14-8(5)7-4-10-12-11-7/h4-6,8-9H,1-3H3,(H,10,11,12). The number of methoxy groups -OCH3 is 1. The lowest BCUT2D eigenvalue weighted by Crippen LogP contribution is -2.17. The van der Waals surface area contributed by atoms with Crippen molar-refractivity contribution >= 4 is 0 Å². The molecule has 1 saturated heterocycles. The van der Waals surface area contributed by atoms with Crippen molar-refractivity contribution in [3.63, 3.8) is 0 Å². The van der Waals surface area contributed by atoms with Gasteiger partial charge in [-0.15, -0.1) is 0 Å². The highest BCUT2D eigenvalue weighted by molar-refractivity contribution is 5.02. The minimum Gasteiger partial charge on any atom is -0.356 e. The molecule has 4 unspecified atom stereocenters. The van der Waals surface area contributed by atoms with Gasteiger partial charge in [0, 0.05) is 13.0 Å². The Kier molecular flexibility index (Phi) is 2.52. The molecule has 0 saturated carbocycles. The van der Waals surface area contributed by atoms with Gasteiger partial charge in [0.25, 0.3) is 0 Å². The Labute approximate surface area is 82.8 Å². The zero-order valence-electron chi connectivity index (χ0n) is 8.60. The minimum atomic E-state index is -0.133. The molecule has 1 N–H and O–H groups in total. The molecular formula is C9H15N3O2. The summed E-state index contributed by atoms with van der Waals surface area (Å²) in [6.45, 7) is 4.27. The smallest absolute Gasteiger partial charge is 0.161 e. The van der Waals surface area contributed by atoms with Gasteiger partial charge in [-0.25, -0.2) is 0 Å². The van der Waals surface area contributed by atoms with Gasteiger partial charge in [0.05, 0.1) is 6.20 Å². The number of H-pyrrole nitrogens is 1. The molecule has 2 heterocycles. The average molecular weight is 197 g/mol. The fourth-order valence-corrected chi connectivity index (χ4v) is 1.87. The van der Waals surface area contributed by atoms with Crippen molar-refractivity contribution in [1.82, 2.24) is 15.4 Å². The number of hydrogen-bond donors (Lipinski definition) is 1. The van der Waals surface area contributed by atoms with Gasteiger partial charge in [-0.1, -0.05) is 13.8 Å². The molecule has 1 aliphatic heterocycles. The largest absolute Gasteiger partial charge is 0.356 e. The van der Waals surface area contributed by atoms with Gasteiger partial charge in [0.15, 0.2) is 6.29 Å². The first-order valence-electron chi connectivity index (χ1n) is 4.78. The number of aromatic nitrogens is 3. The van der Waals surface area contributed by atoms with Crippen LogP contribution in [-0.2, 0) is 9.47 Å². The molecule has 0 bridgehead atoms. The second kappa shape index (κ2) is 3.67. The van der Waals surface area contributed by atoms with Crippen molar-refractivity contribution < 1.29 is 9.47 Å². The molecule has 0 amide bonds. The lowest BCUT2D eigenvalue weighted by molar-refractivity contribution is -0.131. The summed E-state index contributed by atoms with van der Waals surface area (Å²) in [5.41, 5.74) is 0.851. The third-order valence-corrected chi connectivity index (χ3v) is 2.97. The lowest BCUT2D eigenvalue weighted by atomic mass is 9.92. The van der Waals surface area contributed by atoms with Crippen LogP contribution in [0.15, 0.2) is 6.20 Å². The quantitative estimate of drug-likeness (QED) is 0.771. The van der Waals surface area contributed by atoms with Crippen molar-refractivity contribution in [2.24, 2.45) is 11.8 Å². The fraction of sp³-hybridized carbons (Fsp3) is 0.778. The zero-order chi connectivity index (χ0) is 10.1. The first kappa shape index (κ1) is 9.61. The molecule has 1 aliphatic rings. The molecule has 1 fully saturated rings. The molecule has 1 aromatic rings. The summed E-state index contributed by atoms with van der Waals surface area (Å²) in [6.07, 6.45) is 1.56. The van der Waals surface area contributed by atoms with Crippen LogP contribution in [0.2, 0.25) is 0 Å². The van der Waals surface area contributed by atoms with Crippen molar-refractivity contribution in [1.29, 1.82) is 0 Å². The molecule has 0 aliphatic carbocycles. The fourth-order valence-electron chi connectivity index (χ4n) is 1.87. The number of aromatic amines is 1.